The van der Waals surface area contributed by atoms with Gasteiger partial charge in [0, 0.05) is 0 Å². The third-order valence-electron chi connectivity index (χ3n) is 1.93. The molecule has 0 radical (unpaired) electrons. The zero-order chi connectivity index (χ0) is 9.42. The number of nitrogens with zero attached hydrogens (tertiary/aromatic N) is 2. The minimum Gasteiger partial charge on any atom is -0.495 e. The number of aryl methyl sites for hydroxylation is 1. The van der Waals surface area contributed by atoms with E-state index in [-0.39, 0.29) is 0 Å². The van der Waals surface area contributed by atoms with Gasteiger partial charge in [-0.2, -0.15) is 0 Å². The SMILES string of the molecule is COc1ccc2nc(C)c(I)n2c1. The van der Waals surface area contributed by atoms with Gasteiger partial charge in [0.25, 0.3) is 0 Å². The molecule has 0 saturated carbocycles. The molecule has 0 aromatic carbocycles. The Hall–Kier alpha value is -0.780. The molecule has 2 aromatic heterocycles. The molecule has 0 atom stereocenters. The topological polar surface area (TPSA) is 26.5 Å². The lowest BCUT2D eigenvalue weighted by atomic mass is 10.4. The Balaban J connectivity index is 2.75. The van der Waals surface area contributed by atoms with Crippen LogP contribution in [0.15, 0.2) is 18.3 Å². The predicted octanol–water partition coefficient (Wildman–Crippen LogP) is 2.26. The van der Waals surface area contributed by atoms with E-state index >= 15 is 0 Å². The largest absolute Gasteiger partial charge is 0.495 e. The lowest BCUT2D eigenvalue weighted by Gasteiger charge is -2.00. The maximum Gasteiger partial charge on any atom is 0.138 e. The summed E-state index contributed by atoms with van der Waals surface area (Å²) in [6, 6.07) is 3.87. The Kier molecular flexibility index (Phi) is 2.15. The maximum absolute atomic E-state index is 5.13. The van der Waals surface area contributed by atoms with Crippen molar-refractivity contribution < 1.29 is 4.74 Å². The van der Waals surface area contributed by atoms with Gasteiger partial charge in [0.15, 0.2) is 0 Å². The molecule has 0 fully saturated rings. The molecule has 3 nitrogen and oxygen atoms in total. The lowest BCUT2D eigenvalue weighted by molar-refractivity contribution is 0.412. The van der Waals surface area contributed by atoms with Crippen LogP contribution in [0.2, 0.25) is 0 Å². The van der Waals surface area contributed by atoms with E-state index in [0.717, 1.165) is 20.8 Å². The van der Waals surface area contributed by atoms with Gasteiger partial charge in [0.1, 0.15) is 15.1 Å². The highest BCUT2D eigenvalue weighted by Gasteiger charge is 2.05. The Morgan fingerprint density at radius 2 is 2.23 bits per heavy atom. The van der Waals surface area contributed by atoms with Gasteiger partial charge >= 0.3 is 0 Å². The van der Waals surface area contributed by atoms with Crippen molar-refractivity contribution in [2.24, 2.45) is 0 Å². The molecule has 68 valence electrons. The molecule has 0 amide bonds. The van der Waals surface area contributed by atoms with Crippen LogP contribution in [-0.4, -0.2) is 16.5 Å². The van der Waals surface area contributed by atoms with E-state index in [1.54, 1.807) is 7.11 Å². The molecule has 0 saturated heterocycles. The quantitative estimate of drug-likeness (QED) is 0.752. The third kappa shape index (κ3) is 1.39. The van der Waals surface area contributed by atoms with Gasteiger partial charge in [0.2, 0.25) is 0 Å². The van der Waals surface area contributed by atoms with Gasteiger partial charge in [-0.1, -0.05) is 0 Å². The number of fused-ring (bicyclic) bond motifs is 1. The molecule has 13 heavy (non-hydrogen) atoms. The number of hydrogen-bond acceptors (Lipinski definition) is 2. The van der Waals surface area contributed by atoms with Gasteiger partial charge in [-0.15, -0.1) is 0 Å². The van der Waals surface area contributed by atoms with Crippen LogP contribution < -0.4 is 4.74 Å². The van der Waals surface area contributed by atoms with Crippen LogP contribution in [0.1, 0.15) is 5.69 Å². The molecule has 0 unspecified atom stereocenters. The zero-order valence-corrected chi connectivity index (χ0v) is 9.57. The second-order valence-corrected chi connectivity index (χ2v) is 3.81. The molecule has 2 heterocycles. The third-order valence-corrected chi connectivity index (χ3v) is 3.23. The van der Waals surface area contributed by atoms with Crippen LogP contribution in [-0.2, 0) is 0 Å². The van der Waals surface area contributed by atoms with Crippen molar-refractivity contribution in [1.29, 1.82) is 0 Å². The second kappa shape index (κ2) is 3.17. The van der Waals surface area contributed by atoms with Crippen LogP contribution in [0.3, 0.4) is 0 Å². The first-order valence-corrected chi connectivity index (χ1v) is 4.98. The monoisotopic (exact) mass is 288 g/mol. The molecule has 4 heteroatoms. The van der Waals surface area contributed by atoms with E-state index in [0.29, 0.717) is 0 Å². The van der Waals surface area contributed by atoms with Gasteiger partial charge < -0.3 is 4.74 Å². The first-order valence-electron chi connectivity index (χ1n) is 3.90. The predicted molar refractivity (Wildman–Crippen MR) is 59.2 cm³/mol. The molecule has 0 bridgehead atoms. The molecule has 0 spiro atoms. The second-order valence-electron chi connectivity index (χ2n) is 2.79. The molecule has 0 aliphatic heterocycles. The smallest absolute Gasteiger partial charge is 0.138 e. The fourth-order valence-electron chi connectivity index (χ4n) is 1.23. The summed E-state index contributed by atoms with van der Waals surface area (Å²) in [4.78, 5) is 4.39. The van der Waals surface area contributed by atoms with E-state index in [4.69, 9.17) is 4.74 Å². The summed E-state index contributed by atoms with van der Waals surface area (Å²) < 4.78 is 8.29. The minimum absolute atomic E-state index is 0.850. The highest BCUT2D eigenvalue weighted by Crippen LogP contribution is 2.18. The fraction of sp³-hybridized carbons (Fsp3) is 0.222. The molecule has 2 aromatic rings. The molecular formula is C9H9IN2O. The molecular weight excluding hydrogens is 279 g/mol. The Morgan fingerprint density at radius 3 is 2.92 bits per heavy atom. The van der Waals surface area contributed by atoms with Crippen molar-refractivity contribution in [3.8, 4) is 5.75 Å². The fourth-order valence-corrected chi connectivity index (χ4v) is 1.74. The van der Waals surface area contributed by atoms with Crippen LogP contribution in [0, 0.1) is 10.6 Å². The van der Waals surface area contributed by atoms with Crippen molar-refractivity contribution in [3.63, 3.8) is 0 Å². The highest BCUT2D eigenvalue weighted by molar-refractivity contribution is 14.1. The number of aromatic nitrogens is 2. The van der Waals surface area contributed by atoms with Gasteiger partial charge in [-0.05, 0) is 41.6 Å². The Bertz CT molecular complexity index is 450. The average molecular weight is 288 g/mol. The first kappa shape index (κ1) is 8.80. The number of imidazole rings is 1. The molecule has 0 aliphatic carbocycles. The summed E-state index contributed by atoms with van der Waals surface area (Å²) in [6.45, 7) is 2.00. The number of halogens is 1. The van der Waals surface area contributed by atoms with Gasteiger partial charge in [0.05, 0.1) is 19.0 Å². The van der Waals surface area contributed by atoms with Crippen LogP contribution in [0.5, 0.6) is 5.75 Å². The maximum atomic E-state index is 5.13. The van der Waals surface area contributed by atoms with Gasteiger partial charge in [-0.3, -0.25) is 4.40 Å². The lowest BCUT2D eigenvalue weighted by Crippen LogP contribution is -1.90. The van der Waals surface area contributed by atoms with Crippen molar-refractivity contribution >= 4 is 28.2 Å². The van der Waals surface area contributed by atoms with Crippen LogP contribution in [0.25, 0.3) is 5.65 Å². The number of ether oxygens (including phenoxy) is 1. The summed E-state index contributed by atoms with van der Waals surface area (Å²) in [7, 11) is 1.66. The average Bonchev–Trinajstić information content (AvgIpc) is 2.43. The van der Waals surface area contributed by atoms with Crippen molar-refractivity contribution in [3.05, 3.63) is 27.7 Å². The van der Waals surface area contributed by atoms with E-state index < -0.39 is 0 Å². The summed E-state index contributed by atoms with van der Waals surface area (Å²) in [5.74, 6) is 0.850. The van der Waals surface area contributed by atoms with Gasteiger partial charge in [-0.25, -0.2) is 4.98 Å². The van der Waals surface area contributed by atoms with E-state index in [2.05, 4.69) is 27.6 Å². The normalized spacial score (nSPS) is 10.7. The van der Waals surface area contributed by atoms with Crippen LogP contribution >= 0.6 is 22.6 Å². The number of methoxy groups -OCH3 is 1. The molecule has 2 rings (SSSR count). The van der Waals surface area contributed by atoms with Crippen LogP contribution in [0.4, 0.5) is 0 Å². The standard InChI is InChI=1S/C9H9IN2O/c1-6-9(10)12-5-7(13-2)3-4-8(12)11-6/h3-5H,1-2H3. The summed E-state index contributed by atoms with van der Waals surface area (Å²) >= 11 is 2.28. The highest BCUT2D eigenvalue weighted by atomic mass is 127. The van der Waals surface area contributed by atoms with E-state index in [1.165, 1.54) is 0 Å². The number of hydrogen-bond donors (Lipinski definition) is 0. The first-order chi connectivity index (χ1) is 6.22. The van der Waals surface area contributed by atoms with Crippen molar-refractivity contribution in [1.82, 2.24) is 9.38 Å². The van der Waals surface area contributed by atoms with Crippen molar-refractivity contribution in [2.45, 2.75) is 6.92 Å². The summed E-state index contributed by atoms with van der Waals surface area (Å²) in [5, 5.41) is 0. The van der Waals surface area contributed by atoms with E-state index in [1.807, 2.05) is 29.7 Å². The molecule has 0 aliphatic rings. The molecule has 0 N–H and O–H groups in total. The Morgan fingerprint density at radius 1 is 1.46 bits per heavy atom. The number of rotatable bonds is 1. The van der Waals surface area contributed by atoms with E-state index in [9.17, 15) is 0 Å². The van der Waals surface area contributed by atoms with Crippen molar-refractivity contribution in [2.75, 3.05) is 7.11 Å². The minimum atomic E-state index is 0.850. The summed E-state index contributed by atoms with van der Waals surface area (Å²) in [5.41, 5.74) is 2.01. The zero-order valence-electron chi connectivity index (χ0n) is 7.41. The summed E-state index contributed by atoms with van der Waals surface area (Å²) in [6.07, 6.45) is 1.94. The number of pyridine rings is 1. The Labute approximate surface area is 89.9 Å².